The molecule has 0 aliphatic carbocycles. The fraction of sp³-hybridized carbons (Fsp3) is 0.292. The second-order valence-electron chi connectivity index (χ2n) is 6.88. The Labute approximate surface area is 183 Å². The van der Waals surface area contributed by atoms with Crippen LogP contribution in [-0.4, -0.2) is 33.8 Å². The van der Waals surface area contributed by atoms with Crippen molar-refractivity contribution < 1.29 is 18.6 Å². The molecule has 1 heterocycles. The Morgan fingerprint density at radius 3 is 2.26 bits per heavy atom. The number of nitrogens with one attached hydrogen (secondary N) is 2. The molecule has 0 saturated carbocycles. The van der Waals surface area contributed by atoms with E-state index in [9.17, 15) is 0 Å². The SMILES string of the molecule is COc1cc(NC(=NCCc2ccco2)NC(C)c2ccccc2)cc(OC)c1OC. The lowest BCUT2D eigenvalue weighted by Gasteiger charge is -2.20. The maximum atomic E-state index is 5.46. The van der Waals surface area contributed by atoms with Gasteiger partial charge in [0.05, 0.1) is 33.6 Å². The lowest BCUT2D eigenvalue weighted by molar-refractivity contribution is 0.324. The van der Waals surface area contributed by atoms with E-state index in [1.54, 1.807) is 27.6 Å². The molecule has 7 nitrogen and oxygen atoms in total. The summed E-state index contributed by atoms with van der Waals surface area (Å²) in [6.07, 6.45) is 2.37. The van der Waals surface area contributed by atoms with Gasteiger partial charge in [0.25, 0.3) is 0 Å². The minimum Gasteiger partial charge on any atom is -0.493 e. The van der Waals surface area contributed by atoms with Gasteiger partial charge in [0.2, 0.25) is 5.75 Å². The lowest BCUT2D eigenvalue weighted by atomic mass is 10.1. The van der Waals surface area contributed by atoms with Crippen molar-refractivity contribution in [3.63, 3.8) is 0 Å². The van der Waals surface area contributed by atoms with Gasteiger partial charge in [0, 0.05) is 30.8 Å². The Balaban J connectivity index is 1.83. The summed E-state index contributed by atoms with van der Waals surface area (Å²) in [4.78, 5) is 4.73. The quantitative estimate of drug-likeness (QED) is 0.385. The molecule has 0 saturated heterocycles. The fourth-order valence-corrected chi connectivity index (χ4v) is 3.17. The first-order valence-corrected chi connectivity index (χ1v) is 10.1. The standard InChI is InChI=1S/C24H29N3O4/c1-17(18-9-6-5-7-10-18)26-24(25-13-12-20-11-8-14-31-20)27-19-15-21(28-2)23(30-4)22(16-19)29-3/h5-11,14-17H,12-13H2,1-4H3,(H2,25,26,27). The normalized spacial score (nSPS) is 12.2. The van der Waals surface area contributed by atoms with Gasteiger partial charge in [-0.3, -0.25) is 4.99 Å². The highest BCUT2D eigenvalue weighted by atomic mass is 16.5. The molecule has 0 amide bonds. The summed E-state index contributed by atoms with van der Waals surface area (Å²) in [5.74, 6) is 3.20. The summed E-state index contributed by atoms with van der Waals surface area (Å²) in [6.45, 7) is 2.66. The van der Waals surface area contributed by atoms with Gasteiger partial charge in [-0.15, -0.1) is 0 Å². The molecule has 1 aromatic heterocycles. The van der Waals surface area contributed by atoms with Crippen molar-refractivity contribution in [3.05, 3.63) is 72.2 Å². The summed E-state index contributed by atoms with van der Waals surface area (Å²) < 4.78 is 21.8. The van der Waals surface area contributed by atoms with Crippen molar-refractivity contribution in [1.29, 1.82) is 0 Å². The molecule has 3 rings (SSSR count). The largest absolute Gasteiger partial charge is 0.493 e. The van der Waals surface area contributed by atoms with E-state index in [1.807, 2.05) is 42.5 Å². The fourth-order valence-electron chi connectivity index (χ4n) is 3.17. The molecule has 164 valence electrons. The van der Waals surface area contributed by atoms with Gasteiger partial charge < -0.3 is 29.3 Å². The third-order valence-electron chi connectivity index (χ3n) is 4.79. The second-order valence-corrected chi connectivity index (χ2v) is 6.88. The van der Waals surface area contributed by atoms with E-state index in [1.165, 1.54) is 0 Å². The molecule has 7 heteroatoms. The van der Waals surface area contributed by atoms with Crippen LogP contribution in [0.1, 0.15) is 24.3 Å². The van der Waals surface area contributed by atoms with Crippen LogP contribution in [0.2, 0.25) is 0 Å². The number of hydrogen-bond donors (Lipinski definition) is 2. The average molecular weight is 424 g/mol. The molecule has 0 aliphatic heterocycles. The molecular formula is C24H29N3O4. The molecule has 0 fully saturated rings. The van der Waals surface area contributed by atoms with Gasteiger partial charge in [-0.05, 0) is 24.6 Å². The third kappa shape index (κ3) is 5.94. The van der Waals surface area contributed by atoms with Gasteiger partial charge in [-0.25, -0.2) is 0 Å². The van der Waals surface area contributed by atoms with Gasteiger partial charge in [-0.1, -0.05) is 30.3 Å². The monoisotopic (exact) mass is 423 g/mol. The Kier molecular flexibility index (Phi) is 7.81. The topological polar surface area (TPSA) is 77.2 Å². The van der Waals surface area contributed by atoms with Crippen molar-refractivity contribution >= 4 is 11.6 Å². The third-order valence-corrected chi connectivity index (χ3v) is 4.79. The highest BCUT2D eigenvalue weighted by Crippen LogP contribution is 2.39. The van der Waals surface area contributed by atoms with Crippen LogP contribution < -0.4 is 24.8 Å². The summed E-state index contributed by atoms with van der Waals surface area (Å²) in [6, 6.07) is 17.8. The van der Waals surface area contributed by atoms with Crippen molar-refractivity contribution in [2.24, 2.45) is 4.99 Å². The number of benzene rings is 2. The molecule has 1 atom stereocenters. The summed E-state index contributed by atoms with van der Waals surface area (Å²) in [7, 11) is 4.77. The van der Waals surface area contributed by atoms with Gasteiger partial charge in [0.15, 0.2) is 17.5 Å². The number of hydrogen-bond acceptors (Lipinski definition) is 5. The van der Waals surface area contributed by atoms with Crippen LogP contribution in [0.3, 0.4) is 0 Å². The predicted octanol–water partition coefficient (Wildman–Crippen LogP) is 4.67. The molecule has 2 aromatic carbocycles. The second kappa shape index (κ2) is 11.0. The number of aliphatic imine (C=N–C) groups is 1. The first kappa shape index (κ1) is 22.1. The minimum absolute atomic E-state index is 0.0538. The van der Waals surface area contributed by atoms with Gasteiger partial charge in [0.1, 0.15) is 5.76 Å². The van der Waals surface area contributed by atoms with Crippen LogP contribution in [0.5, 0.6) is 17.2 Å². The summed E-state index contributed by atoms with van der Waals surface area (Å²) >= 11 is 0. The molecule has 0 aliphatic rings. The molecule has 1 unspecified atom stereocenters. The molecule has 3 aromatic rings. The highest BCUT2D eigenvalue weighted by Gasteiger charge is 2.15. The van der Waals surface area contributed by atoms with E-state index in [0.29, 0.717) is 36.2 Å². The molecule has 2 N–H and O–H groups in total. The zero-order valence-corrected chi connectivity index (χ0v) is 18.3. The Morgan fingerprint density at radius 2 is 1.68 bits per heavy atom. The first-order chi connectivity index (χ1) is 15.1. The van der Waals surface area contributed by atoms with Crippen molar-refractivity contribution in [3.8, 4) is 17.2 Å². The smallest absolute Gasteiger partial charge is 0.203 e. The molecule has 0 bridgehead atoms. The number of guanidine groups is 1. The number of methoxy groups -OCH3 is 3. The van der Waals surface area contributed by atoms with E-state index in [4.69, 9.17) is 23.6 Å². The van der Waals surface area contributed by atoms with Crippen molar-refractivity contribution in [1.82, 2.24) is 5.32 Å². The van der Waals surface area contributed by atoms with Crippen LogP contribution in [0.25, 0.3) is 0 Å². The summed E-state index contributed by atoms with van der Waals surface area (Å²) in [5.41, 5.74) is 1.92. The maximum Gasteiger partial charge on any atom is 0.203 e. The van der Waals surface area contributed by atoms with Crippen molar-refractivity contribution in [2.45, 2.75) is 19.4 Å². The van der Waals surface area contributed by atoms with E-state index < -0.39 is 0 Å². The van der Waals surface area contributed by atoms with E-state index in [-0.39, 0.29) is 6.04 Å². The van der Waals surface area contributed by atoms with Crippen LogP contribution in [-0.2, 0) is 6.42 Å². The Morgan fingerprint density at radius 1 is 0.968 bits per heavy atom. The molecule has 0 radical (unpaired) electrons. The van der Waals surface area contributed by atoms with Crippen LogP contribution in [0.4, 0.5) is 5.69 Å². The Bertz CT molecular complexity index is 947. The number of anilines is 1. The highest BCUT2D eigenvalue weighted by molar-refractivity contribution is 5.94. The number of rotatable bonds is 9. The van der Waals surface area contributed by atoms with E-state index >= 15 is 0 Å². The predicted molar refractivity (Wildman–Crippen MR) is 122 cm³/mol. The molecule has 0 spiro atoms. The van der Waals surface area contributed by atoms with Gasteiger partial charge >= 0.3 is 0 Å². The zero-order valence-electron chi connectivity index (χ0n) is 18.3. The number of nitrogens with zero attached hydrogens (tertiary/aromatic N) is 1. The van der Waals surface area contributed by atoms with E-state index in [2.05, 4.69) is 29.7 Å². The Hall–Kier alpha value is -3.61. The summed E-state index contributed by atoms with van der Waals surface area (Å²) in [5, 5.41) is 6.81. The van der Waals surface area contributed by atoms with E-state index in [0.717, 1.165) is 17.0 Å². The van der Waals surface area contributed by atoms with Crippen LogP contribution in [0.15, 0.2) is 70.3 Å². The van der Waals surface area contributed by atoms with Crippen molar-refractivity contribution in [2.75, 3.05) is 33.2 Å². The average Bonchev–Trinajstić information content (AvgIpc) is 3.32. The number of ether oxygens (including phenoxy) is 3. The van der Waals surface area contributed by atoms with Gasteiger partial charge in [-0.2, -0.15) is 0 Å². The van der Waals surface area contributed by atoms with Crippen LogP contribution >= 0.6 is 0 Å². The number of furan rings is 1. The molecule has 31 heavy (non-hydrogen) atoms. The lowest BCUT2D eigenvalue weighted by Crippen LogP contribution is -2.33. The maximum absolute atomic E-state index is 5.46. The zero-order chi connectivity index (χ0) is 22.1. The van der Waals surface area contributed by atoms with Crippen LogP contribution in [0, 0.1) is 0 Å². The first-order valence-electron chi connectivity index (χ1n) is 10.1. The minimum atomic E-state index is 0.0538. The molecular weight excluding hydrogens is 394 g/mol.